The lowest BCUT2D eigenvalue weighted by Gasteiger charge is -2.40. The Kier molecular flexibility index (Phi) is 7.67. The highest BCUT2D eigenvalue weighted by Gasteiger charge is 2.45. The number of aromatic nitrogens is 1. The number of halogens is 5. The number of hydrogen-bond acceptors (Lipinski definition) is 5. The minimum Gasteiger partial charge on any atom is -0.490 e. The van der Waals surface area contributed by atoms with E-state index in [0.717, 1.165) is 24.1 Å². The minimum atomic E-state index is -4.86. The fourth-order valence-electron chi connectivity index (χ4n) is 5.86. The van der Waals surface area contributed by atoms with Crippen molar-refractivity contribution >= 4 is 6.47 Å². The van der Waals surface area contributed by atoms with Crippen LogP contribution in [0.4, 0.5) is 22.0 Å². The van der Waals surface area contributed by atoms with Crippen LogP contribution >= 0.6 is 0 Å². The Hall–Kier alpha value is -3.73. The van der Waals surface area contributed by atoms with Crippen LogP contribution in [0, 0.1) is 23.5 Å². The molecule has 2 aromatic carbocycles. The van der Waals surface area contributed by atoms with Crippen LogP contribution in [-0.2, 0) is 24.0 Å². The van der Waals surface area contributed by atoms with Crippen LogP contribution in [-0.4, -0.2) is 33.9 Å². The Morgan fingerprint density at radius 3 is 2.49 bits per heavy atom. The van der Waals surface area contributed by atoms with E-state index < -0.39 is 29.0 Å². The number of aliphatic hydroxyl groups is 1. The predicted molar refractivity (Wildman–Crippen MR) is 137 cm³/mol. The summed E-state index contributed by atoms with van der Waals surface area (Å²) in [5, 5.41) is 16.7. The Bertz CT molecular complexity index is 1450. The zero-order valence-corrected chi connectivity index (χ0v) is 22.0. The number of alkyl halides is 3. The molecule has 0 saturated heterocycles. The molecule has 0 spiro atoms. The summed E-state index contributed by atoms with van der Waals surface area (Å²) in [7, 11) is 0. The zero-order valence-electron chi connectivity index (χ0n) is 22.0. The first-order valence-electron chi connectivity index (χ1n) is 13.1. The van der Waals surface area contributed by atoms with Gasteiger partial charge in [0.15, 0.2) is 11.6 Å². The molecular weight excluding hydrogens is 549 g/mol. The molecule has 11 heteroatoms. The van der Waals surface area contributed by atoms with Crippen molar-refractivity contribution in [1.29, 1.82) is 0 Å². The summed E-state index contributed by atoms with van der Waals surface area (Å²) in [4.78, 5) is 12.6. The van der Waals surface area contributed by atoms with Crippen LogP contribution in [0.1, 0.15) is 54.4 Å². The summed E-state index contributed by atoms with van der Waals surface area (Å²) >= 11 is 0. The molecule has 218 valence electrons. The third-order valence-electron chi connectivity index (χ3n) is 7.85. The Morgan fingerprint density at radius 1 is 1.10 bits per heavy atom. The summed E-state index contributed by atoms with van der Waals surface area (Å²) < 4.78 is 82.1. The van der Waals surface area contributed by atoms with Gasteiger partial charge in [-0.25, -0.2) is 13.8 Å². The van der Waals surface area contributed by atoms with Gasteiger partial charge in [-0.1, -0.05) is 6.07 Å². The number of rotatable bonds is 7. The van der Waals surface area contributed by atoms with Crippen molar-refractivity contribution < 1.29 is 46.4 Å². The van der Waals surface area contributed by atoms with Gasteiger partial charge in [0.25, 0.3) is 6.47 Å². The van der Waals surface area contributed by atoms with Crippen LogP contribution < -0.4 is 9.47 Å². The third kappa shape index (κ3) is 6.29. The van der Waals surface area contributed by atoms with Crippen LogP contribution in [0.15, 0.2) is 42.6 Å². The molecule has 1 aromatic heterocycles. The first kappa shape index (κ1) is 28.8. The van der Waals surface area contributed by atoms with Gasteiger partial charge < -0.3 is 19.7 Å². The Morgan fingerprint density at radius 2 is 1.83 bits per heavy atom. The first-order valence-corrected chi connectivity index (χ1v) is 13.1. The van der Waals surface area contributed by atoms with E-state index in [9.17, 15) is 27.1 Å². The van der Waals surface area contributed by atoms with Crippen molar-refractivity contribution in [3.05, 3.63) is 76.5 Å². The molecule has 41 heavy (non-hydrogen) atoms. The molecule has 0 radical (unpaired) electrons. The maximum Gasteiger partial charge on any atom is 0.417 e. The lowest BCUT2D eigenvalue weighted by atomic mass is 9.73. The van der Waals surface area contributed by atoms with E-state index >= 15 is 0 Å². The van der Waals surface area contributed by atoms with Gasteiger partial charge in [-0.3, -0.25) is 4.79 Å². The van der Waals surface area contributed by atoms with Gasteiger partial charge >= 0.3 is 6.18 Å². The van der Waals surface area contributed by atoms with E-state index in [0.29, 0.717) is 30.7 Å². The maximum absolute atomic E-state index is 14.8. The monoisotopic (exact) mass is 577 g/mol. The highest BCUT2D eigenvalue weighted by atomic mass is 19.4. The van der Waals surface area contributed by atoms with E-state index in [1.807, 2.05) is 6.07 Å². The van der Waals surface area contributed by atoms with Gasteiger partial charge in [0.1, 0.15) is 12.4 Å². The summed E-state index contributed by atoms with van der Waals surface area (Å²) in [5.74, 6) is -0.418. The smallest absolute Gasteiger partial charge is 0.417 e. The second-order valence-electron chi connectivity index (χ2n) is 11.1. The summed E-state index contributed by atoms with van der Waals surface area (Å²) in [5.41, 5.74) is -0.130. The molecule has 2 fully saturated rings. The molecule has 0 bridgehead atoms. The topological polar surface area (TPSA) is 88.9 Å². The third-order valence-corrected chi connectivity index (χ3v) is 7.85. The van der Waals surface area contributed by atoms with Gasteiger partial charge in [-0.15, -0.1) is 0 Å². The zero-order chi connectivity index (χ0) is 29.5. The van der Waals surface area contributed by atoms with Gasteiger partial charge in [-0.2, -0.15) is 13.2 Å². The minimum absolute atomic E-state index is 0.0649. The fraction of sp³-hybridized carbons (Fsp3) is 0.400. The number of ether oxygens (including phenoxy) is 2. The van der Waals surface area contributed by atoms with Gasteiger partial charge in [-0.05, 0) is 96.9 Å². The normalized spacial score (nSPS) is 23.8. The molecule has 2 unspecified atom stereocenters. The standard InChI is InChI=1S/C29H26F5NO3.CH2O2/c1-28(36)10-15(11-28)13-37-26-3-2-16(7-25(26)31)21-6-19(24(30)9-23(21)29(32,33)34)14-38-27-8-18-4-17-5-20(17)22(18)12-35-27;2-1-3/h2-3,6-9,12,15,17,20,36H,4-5,10-11,13-14H2,1H3;1H,(H,2,3). The van der Waals surface area contributed by atoms with Gasteiger partial charge in [0, 0.05) is 17.8 Å². The van der Waals surface area contributed by atoms with Crippen molar-refractivity contribution in [2.24, 2.45) is 11.8 Å². The molecule has 6 nitrogen and oxygen atoms in total. The van der Waals surface area contributed by atoms with E-state index in [4.69, 9.17) is 19.4 Å². The summed E-state index contributed by atoms with van der Waals surface area (Å²) in [6, 6.07) is 6.81. The van der Waals surface area contributed by atoms with Crippen molar-refractivity contribution in [1.82, 2.24) is 4.98 Å². The number of pyridine rings is 1. The SMILES string of the molecule is CC1(O)CC(COc2ccc(-c3cc(COc4cc5c(cn4)C4CC4C5)c(F)cc3C(F)(F)F)cc2F)C1.O=CO. The van der Waals surface area contributed by atoms with Crippen molar-refractivity contribution in [3.8, 4) is 22.8 Å². The number of carboxylic acid groups (broad SMARTS) is 1. The van der Waals surface area contributed by atoms with E-state index in [1.54, 1.807) is 13.1 Å². The second kappa shape index (κ2) is 10.9. The molecular formula is C30H28F5NO5. The average molecular weight is 578 g/mol. The molecule has 3 aliphatic rings. The van der Waals surface area contributed by atoms with E-state index in [-0.39, 0.29) is 53.9 Å². The predicted octanol–water partition coefficient (Wildman–Crippen LogP) is 6.52. The van der Waals surface area contributed by atoms with Gasteiger partial charge in [0.05, 0.1) is 17.8 Å². The highest BCUT2D eigenvalue weighted by Crippen LogP contribution is 2.56. The lowest BCUT2D eigenvalue weighted by Crippen LogP contribution is -2.43. The molecule has 3 aliphatic carbocycles. The first-order chi connectivity index (χ1) is 19.4. The number of carbonyl (C=O) groups is 1. The Labute approximate surface area is 232 Å². The lowest BCUT2D eigenvalue weighted by molar-refractivity contribution is -0.137. The van der Waals surface area contributed by atoms with Crippen LogP contribution in [0.25, 0.3) is 11.1 Å². The molecule has 2 atom stereocenters. The molecule has 1 heterocycles. The molecule has 2 saturated carbocycles. The summed E-state index contributed by atoms with van der Waals surface area (Å²) in [6.45, 7) is 1.32. The van der Waals surface area contributed by atoms with E-state index in [1.165, 1.54) is 24.1 Å². The second-order valence-corrected chi connectivity index (χ2v) is 11.1. The molecule has 0 amide bonds. The van der Waals surface area contributed by atoms with E-state index in [2.05, 4.69) is 4.98 Å². The quantitative estimate of drug-likeness (QED) is 0.245. The number of fused-ring (bicyclic) bond motifs is 3. The largest absolute Gasteiger partial charge is 0.490 e. The molecule has 3 aromatic rings. The van der Waals surface area contributed by atoms with Crippen molar-refractivity contribution in [2.45, 2.75) is 56.9 Å². The fourth-order valence-corrected chi connectivity index (χ4v) is 5.86. The highest BCUT2D eigenvalue weighted by molar-refractivity contribution is 5.70. The average Bonchev–Trinajstić information content (AvgIpc) is 3.56. The van der Waals surface area contributed by atoms with Gasteiger partial charge in [0.2, 0.25) is 5.88 Å². The number of hydrogen-bond donors (Lipinski definition) is 2. The van der Waals surface area contributed by atoms with Crippen LogP contribution in [0.3, 0.4) is 0 Å². The van der Waals surface area contributed by atoms with Crippen molar-refractivity contribution in [3.63, 3.8) is 0 Å². The maximum atomic E-state index is 14.8. The molecule has 2 N–H and O–H groups in total. The number of nitrogens with zero attached hydrogens (tertiary/aromatic N) is 1. The molecule has 6 rings (SSSR count). The van der Waals surface area contributed by atoms with Crippen LogP contribution in [0.2, 0.25) is 0 Å². The van der Waals surface area contributed by atoms with Crippen molar-refractivity contribution in [2.75, 3.05) is 6.61 Å². The number of benzene rings is 2. The molecule has 0 aliphatic heterocycles. The summed E-state index contributed by atoms with van der Waals surface area (Å²) in [6.07, 6.45) is 0.0891. The van der Waals surface area contributed by atoms with Crippen LogP contribution in [0.5, 0.6) is 11.6 Å². The Balaban J connectivity index is 0.00000108.